The summed E-state index contributed by atoms with van der Waals surface area (Å²) in [6, 6.07) is 6.80. The van der Waals surface area contributed by atoms with E-state index >= 15 is 0 Å². The summed E-state index contributed by atoms with van der Waals surface area (Å²) in [4.78, 5) is 12.0. The van der Waals surface area contributed by atoms with Gasteiger partial charge in [0.05, 0.1) is 5.60 Å². The molecule has 0 radical (unpaired) electrons. The van der Waals surface area contributed by atoms with Crippen molar-refractivity contribution in [2.45, 2.75) is 44.6 Å². The number of carbonyl (C=O) groups is 1. The molecule has 1 amide bonds. The fourth-order valence-corrected chi connectivity index (χ4v) is 2.78. The molecule has 0 atom stereocenters. The quantitative estimate of drug-likeness (QED) is 0.739. The number of nitrogens with two attached hydrogens (primary N) is 1. The molecule has 4 nitrogen and oxygen atoms in total. The number of nitrogens with one attached hydrogen (secondary N) is 1. The van der Waals surface area contributed by atoms with E-state index in [1.54, 1.807) is 24.3 Å². The molecule has 110 valence electrons. The molecule has 0 unspecified atom stereocenters. The first-order chi connectivity index (χ1) is 9.52. The second-order valence-electron chi connectivity index (χ2n) is 5.88. The zero-order valence-corrected chi connectivity index (χ0v) is 12.1. The van der Waals surface area contributed by atoms with Crippen molar-refractivity contribution >= 4 is 11.6 Å². The van der Waals surface area contributed by atoms with Gasteiger partial charge < -0.3 is 16.2 Å². The van der Waals surface area contributed by atoms with Gasteiger partial charge in [0, 0.05) is 17.8 Å². The van der Waals surface area contributed by atoms with E-state index in [9.17, 15) is 9.90 Å². The Morgan fingerprint density at radius 3 is 2.50 bits per heavy atom. The maximum absolute atomic E-state index is 12.0. The summed E-state index contributed by atoms with van der Waals surface area (Å²) in [5.41, 5.74) is 6.06. The minimum Gasteiger partial charge on any atom is -0.399 e. The zero-order valence-electron chi connectivity index (χ0n) is 12.1. The largest absolute Gasteiger partial charge is 0.399 e. The predicted octanol–water partition coefficient (Wildman–Crippen LogP) is 2.33. The van der Waals surface area contributed by atoms with E-state index in [1.165, 1.54) is 6.42 Å². The van der Waals surface area contributed by atoms with Crippen LogP contribution in [0.15, 0.2) is 24.3 Å². The Bertz CT molecular complexity index is 448. The molecule has 1 aromatic rings. The number of nitrogen functional groups attached to an aromatic ring is 1. The highest BCUT2D eigenvalue weighted by molar-refractivity contribution is 5.94. The molecule has 0 aromatic heterocycles. The first-order valence-electron chi connectivity index (χ1n) is 7.38. The topological polar surface area (TPSA) is 75.3 Å². The van der Waals surface area contributed by atoms with Gasteiger partial charge in [0.25, 0.3) is 5.91 Å². The molecule has 2 rings (SSSR count). The molecule has 4 N–H and O–H groups in total. The van der Waals surface area contributed by atoms with Crippen LogP contribution in [0.3, 0.4) is 0 Å². The molecule has 1 aromatic carbocycles. The van der Waals surface area contributed by atoms with Crippen molar-refractivity contribution in [3.63, 3.8) is 0 Å². The van der Waals surface area contributed by atoms with Crippen LogP contribution >= 0.6 is 0 Å². The third-order valence-corrected chi connectivity index (χ3v) is 4.36. The van der Waals surface area contributed by atoms with Crippen LogP contribution in [0.2, 0.25) is 0 Å². The molecule has 0 aliphatic heterocycles. The van der Waals surface area contributed by atoms with Crippen LogP contribution in [0.25, 0.3) is 0 Å². The fraction of sp³-hybridized carbons (Fsp3) is 0.562. The minimum atomic E-state index is -0.741. The SMILES string of the molecule is CCC1CCC(O)(CNC(=O)c2ccc(N)cc2)CC1. The highest BCUT2D eigenvalue weighted by Crippen LogP contribution is 2.33. The molecule has 0 bridgehead atoms. The Hall–Kier alpha value is -1.55. The van der Waals surface area contributed by atoms with Crippen molar-refractivity contribution in [1.82, 2.24) is 5.32 Å². The van der Waals surface area contributed by atoms with Crippen LogP contribution in [0, 0.1) is 5.92 Å². The van der Waals surface area contributed by atoms with E-state index in [2.05, 4.69) is 12.2 Å². The molecule has 4 heteroatoms. The zero-order chi connectivity index (χ0) is 14.6. The number of rotatable bonds is 4. The Labute approximate surface area is 120 Å². The lowest BCUT2D eigenvalue weighted by Crippen LogP contribution is -2.45. The monoisotopic (exact) mass is 276 g/mol. The molecule has 1 saturated carbocycles. The van der Waals surface area contributed by atoms with Crippen LogP contribution in [-0.2, 0) is 0 Å². The molecule has 1 fully saturated rings. The smallest absolute Gasteiger partial charge is 0.251 e. The van der Waals surface area contributed by atoms with Gasteiger partial charge in [0.2, 0.25) is 0 Å². The number of amides is 1. The average molecular weight is 276 g/mol. The summed E-state index contributed by atoms with van der Waals surface area (Å²) < 4.78 is 0. The van der Waals surface area contributed by atoms with Crippen LogP contribution < -0.4 is 11.1 Å². The summed E-state index contributed by atoms with van der Waals surface area (Å²) in [5, 5.41) is 13.3. The Kier molecular flexibility index (Phi) is 4.65. The molecule has 0 saturated heterocycles. The number of benzene rings is 1. The molecule has 0 heterocycles. The van der Waals surface area contributed by atoms with E-state index in [0.717, 1.165) is 31.6 Å². The maximum Gasteiger partial charge on any atom is 0.251 e. The number of aliphatic hydroxyl groups is 1. The van der Waals surface area contributed by atoms with E-state index in [-0.39, 0.29) is 5.91 Å². The molecular weight excluding hydrogens is 252 g/mol. The Morgan fingerprint density at radius 1 is 1.35 bits per heavy atom. The average Bonchev–Trinajstić information content (AvgIpc) is 2.46. The third-order valence-electron chi connectivity index (χ3n) is 4.36. The van der Waals surface area contributed by atoms with Crippen LogP contribution in [0.5, 0.6) is 0 Å². The van der Waals surface area contributed by atoms with Gasteiger partial charge in [-0.1, -0.05) is 13.3 Å². The summed E-state index contributed by atoms with van der Waals surface area (Å²) in [7, 11) is 0. The molecule has 1 aliphatic rings. The Balaban J connectivity index is 1.85. The fourth-order valence-electron chi connectivity index (χ4n) is 2.78. The van der Waals surface area contributed by atoms with E-state index in [4.69, 9.17) is 5.73 Å². The van der Waals surface area contributed by atoms with Crippen LogP contribution in [0.1, 0.15) is 49.4 Å². The third kappa shape index (κ3) is 3.73. The van der Waals surface area contributed by atoms with Gasteiger partial charge in [0.1, 0.15) is 0 Å². The van der Waals surface area contributed by atoms with Gasteiger partial charge in [0.15, 0.2) is 0 Å². The highest BCUT2D eigenvalue weighted by Gasteiger charge is 2.32. The van der Waals surface area contributed by atoms with Gasteiger partial charge in [-0.15, -0.1) is 0 Å². The highest BCUT2D eigenvalue weighted by atomic mass is 16.3. The van der Waals surface area contributed by atoms with Crippen LogP contribution in [-0.4, -0.2) is 23.2 Å². The van der Waals surface area contributed by atoms with Crippen molar-refractivity contribution < 1.29 is 9.90 Å². The lowest BCUT2D eigenvalue weighted by molar-refractivity contribution is -0.00786. The van der Waals surface area contributed by atoms with E-state index in [1.807, 2.05) is 0 Å². The van der Waals surface area contributed by atoms with Gasteiger partial charge in [-0.05, 0) is 55.9 Å². The second kappa shape index (κ2) is 6.27. The minimum absolute atomic E-state index is 0.156. The lowest BCUT2D eigenvalue weighted by atomic mass is 9.78. The summed E-state index contributed by atoms with van der Waals surface area (Å²) in [6.45, 7) is 2.52. The van der Waals surface area contributed by atoms with Crippen molar-refractivity contribution in [1.29, 1.82) is 0 Å². The maximum atomic E-state index is 12.0. The molecule has 20 heavy (non-hydrogen) atoms. The Morgan fingerprint density at radius 2 is 1.95 bits per heavy atom. The standard InChI is InChI=1S/C16H24N2O2/c1-2-12-7-9-16(20,10-8-12)11-18-15(19)13-3-5-14(17)6-4-13/h3-6,12,20H,2,7-11,17H2,1H3,(H,18,19). The first kappa shape index (κ1) is 14.9. The number of carbonyl (C=O) groups excluding carboxylic acids is 1. The van der Waals surface area contributed by atoms with Crippen molar-refractivity contribution in [2.75, 3.05) is 12.3 Å². The number of hydrogen-bond acceptors (Lipinski definition) is 3. The van der Waals surface area contributed by atoms with Crippen molar-refractivity contribution in [3.8, 4) is 0 Å². The lowest BCUT2D eigenvalue weighted by Gasteiger charge is -2.35. The van der Waals surface area contributed by atoms with Gasteiger partial charge in [-0.3, -0.25) is 4.79 Å². The first-order valence-corrected chi connectivity index (χ1v) is 7.38. The second-order valence-corrected chi connectivity index (χ2v) is 5.88. The van der Waals surface area contributed by atoms with Crippen LogP contribution in [0.4, 0.5) is 5.69 Å². The van der Waals surface area contributed by atoms with Gasteiger partial charge >= 0.3 is 0 Å². The van der Waals surface area contributed by atoms with E-state index in [0.29, 0.717) is 17.8 Å². The molecular formula is C16H24N2O2. The van der Waals surface area contributed by atoms with Crippen molar-refractivity contribution in [2.24, 2.45) is 5.92 Å². The normalized spacial score (nSPS) is 26.2. The van der Waals surface area contributed by atoms with E-state index < -0.39 is 5.60 Å². The van der Waals surface area contributed by atoms with Gasteiger partial charge in [-0.25, -0.2) is 0 Å². The van der Waals surface area contributed by atoms with Gasteiger partial charge in [-0.2, -0.15) is 0 Å². The molecule has 1 aliphatic carbocycles. The number of anilines is 1. The molecule has 0 spiro atoms. The predicted molar refractivity (Wildman–Crippen MR) is 80.4 cm³/mol. The summed E-state index contributed by atoms with van der Waals surface area (Å²) in [6.07, 6.45) is 4.81. The number of hydrogen-bond donors (Lipinski definition) is 3. The van der Waals surface area contributed by atoms with Crippen molar-refractivity contribution in [3.05, 3.63) is 29.8 Å². The summed E-state index contributed by atoms with van der Waals surface area (Å²) in [5.74, 6) is 0.569. The summed E-state index contributed by atoms with van der Waals surface area (Å²) >= 11 is 0.